The molecule has 1 aromatic heterocycles. The number of nitrogens with two attached hydrogens (primary N) is 1. The van der Waals surface area contributed by atoms with E-state index in [2.05, 4.69) is 10.4 Å². The fourth-order valence-corrected chi connectivity index (χ4v) is 2.62. The molecule has 0 radical (unpaired) electrons. The molecule has 0 amide bonds. The van der Waals surface area contributed by atoms with Gasteiger partial charge in [-0.2, -0.15) is 0 Å². The van der Waals surface area contributed by atoms with Crippen LogP contribution in [0.4, 0.5) is 8.78 Å². The molecule has 6 heteroatoms. The zero-order valence-electron chi connectivity index (χ0n) is 10.6. The van der Waals surface area contributed by atoms with Crippen LogP contribution in [0.3, 0.4) is 0 Å². The maximum Gasteiger partial charge on any atom is 0.248 e. The van der Waals surface area contributed by atoms with E-state index in [4.69, 9.17) is 5.84 Å². The Labute approximate surface area is 106 Å². The summed E-state index contributed by atoms with van der Waals surface area (Å²) in [5.74, 6) is 4.20. The van der Waals surface area contributed by atoms with E-state index in [0.717, 1.165) is 5.82 Å². The lowest BCUT2D eigenvalue weighted by atomic mass is 9.81. The molecule has 1 atom stereocenters. The molecule has 1 aliphatic rings. The van der Waals surface area contributed by atoms with Crippen molar-refractivity contribution in [3.63, 3.8) is 0 Å². The zero-order valence-corrected chi connectivity index (χ0v) is 10.6. The Morgan fingerprint density at radius 3 is 2.72 bits per heavy atom. The van der Waals surface area contributed by atoms with Gasteiger partial charge in [-0.25, -0.2) is 13.8 Å². The number of halogens is 2. The van der Waals surface area contributed by atoms with Crippen molar-refractivity contribution in [2.75, 3.05) is 0 Å². The molecule has 102 valence electrons. The first-order valence-corrected chi connectivity index (χ1v) is 6.32. The molecule has 0 aliphatic heterocycles. The largest absolute Gasteiger partial charge is 0.338 e. The maximum atomic E-state index is 13.1. The van der Waals surface area contributed by atoms with Crippen LogP contribution in [0.1, 0.15) is 31.5 Å². The monoisotopic (exact) mass is 258 g/mol. The molecule has 2 rings (SSSR count). The van der Waals surface area contributed by atoms with E-state index >= 15 is 0 Å². The summed E-state index contributed by atoms with van der Waals surface area (Å²) in [7, 11) is 1.92. The minimum absolute atomic E-state index is 0.0159. The predicted molar refractivity (Wildman–Crippen MR) is 64.9 cm³/mol. The molecule has 0 bridgehead atoms. The molecule has 4 nitrogen and oxygen atoms in total. The van der Waals surface area contributed by atoms with E-state index in [1.165, 1.54) is 0 Å². The molecule has 18 heavy (non-hydrogen) atoms. The summed E-state index contributed by atoms with van der Waals surface area (Å²) >= 11 is 0. The SMILES string of the molecule is Cn1ccnc1CC(NN)C1CCC(F)(F)CC1. The van der Waals surface area contributed by atoms with Gasteiger partial charge in [0.05, 0.1) is 0 Å². The highest BCUT2D eigenvalue weighted by Gasteiger charge is 2.37. The third kappa shape index (κ3) is 3.05. The predicted octanol–water partition coefficient (Wildman–Crippen LogP) is 1.62. The third-order valence-electron chi connectivity index (χ3n) is 3.87. The van der Waals surface area contributed by atoms with Gasteiger partial charge < -0.3 is 4.57 Å². The lowest BCUT2D eigenvalue weighted by molar-refractivity contribution is -0.0496. The summed E-state index contributed by atoms with van der Waals surface area (Å²) in [6.07, 6.45) is 5.26. The Hall–Kier alpha value is -1.01. The fourth-order valence-electron chi connectivity index (χ4n) is 2.62. The van der Waals surface area contributed by atoms with Gasteiger partial charge in [-0.15, -0.1) is 0 Å². The van der Waals surface area contributed by atoms with E-state index in [1.54, 1.807) is 6.20 Å². The van der Waals surface area contributed by atoms with Crippen LogP contribution in [0.25, 0.3) is 0 Å². The maximum absolute atomic E-state index is 13.1. The van der Waals surface area contributed by atoms with Crippen LogP contribution < -0.4 is 11.3 Å². The number of hydrazine groups is 1. The van der Waals surface area contributed by atoms with Gasteiger partial charge in [-0.1, -0.05) is 0 Å². The topological polar surface area (TPSA) is 55.9 Å². The highest BCUT2D eigenvalue weighted by Crippen LogP contribution is 2.37. The third-order valence-corrected chi connectivity index (χ3v) is 3.87. The van der Waals surface area contributed by atoms with E-state index in [1.807, 2.05) is 17.8 Å². The first kappa shape index (κ1) is 13.4. The average Bonchev–Trinajstić information content (AvgIpc) is 2.72. The summed E-state index contributed by atoms with van der Waals surface area (Å²) in [4.78, 5) is 4.25. The second-order valence-corrected chi connectivity index (χ2v) is 5.13. The highest BCUT2D eigenvalue weighted by molar-refractivity contribution is 4.96. The fraction of sp³-hybridized carbons (Fsp3) is 0.750. The number of hydrogen-bond acceptors (Lipinski definition) is 3. The van der Waals surface area contributed by atoms with Gasteiger partial charge >= 0.3 is 0 Å². The average molecular weight is 258 g/mol. The van der Waals surface area contributed by atoms with Gasteiger partial charge in [-0.3, -0.25) is 11.3 Å². The second kappa shape index (κ2) is 5.32. The van der Waals surface area contributed by atoms with Gasteiger partial charge in [0.25, 0.3) is 0 Å². The Morgan fingerprint density at radius 1 is 1.56 bits per heavy atom. The van der Waals surface area contributed by atoms with Crippen LogP contribution in [-0.2, 0) is 13.5 Å². The summed E-state index contributed by atoms with van der Waals surface area (Å²) < 4.78 is 28.2. The molecule has 1 aromatic rings. The minimum atomic E-state index is -2.49. The van der Waals surface area contributed by atoms with E-state index in [0.29, 0.717) is 19.3 Å². The molecule has 0 saturated heterocycles. The molecule has 0 spiro atoms. The smallest absolute Gasteiger partial charge is 0.248 e. The molecule has 1 fully saturated rings. The van der Waals surface area contributed by atoms with E-state index in [9.17, 15) is 8.78 Å². The Bertz CT molecular complexity index is 381. The van der Waals surface area contributed by atoms with Gasteiger partial charge in [0.15, 0.2) is 0 Å². The normalized spacial score (nSPS) is 22.0. The first-order chi connectivity index (χ1) is 8.52. The molecule has 1 saturated carbocycles. The van der Waals surface area contributed by atoms with Gasteiger partial charge in [0.1, 0.15) is 5.82 Å². The Morgan fingerprint density at radius 2 is 2.22 bits per heavy atom. The van der Waals surface area contributed by atoms with Crippen LogP contribution >= 0.6 is 0 Å². The van der Waals surface area contributed by atoms with Crippen molar-refractivity contribution in [3.05, 3.63) is 18.2 Å². The van der Waals surface area contributed by atoms with Gasteiger partial charge in [0.2, 0.25) is 5.92 Å². The number of nitrogens with zero attached hydrogens (tertiary/aromatic N) is 2. The Balaban J connectivity index is 1.96. The molecule has 1 unspecified atom stereocenters. The number of nitrogens with one attached hydrogen (secondary N) is 1. The number of aromatic nitrogens is 2. The van der Waals surface area contributed by atoms with Crippen LogP contribution in [0.15, 0.2) is 12.4 Å². The lowest BCUT2D eigenvalue weighted by Crippen LogP contribution is -2.45. The van der Waals surface area contributed by atoms with Gasteiger partial charge in [-0.05, 0) is 18.8 Å². The van der Waals surface area contributed by atoms with Crippen LogP contribution in [-0.4, -0.2) is 21.5 Å². The van der Waals surface area contributed by atoms with Crippen molar-refractivity contribution in [1.82, 2.24) is 15.0 Å². The first-order valence-electron chi connectivity index (χ1n) is 6.32. The summed E-state index contributed by atoms with van der Waals surface area (Å²) in [5, 5.41) is 0. The summed E-state index contributed by atoms with van der Waals surface area (Å²) in [6.45, 7) is 0. The second-order valence-electron chi connectivity index (χ2n) is 5.13. The van der Waals surface area contributed by atoms with Crippen molar-refractivity contribution in [3.8, 4) is 0 Å². The van der Waals surface area contributed by atoms with Crippen molar-refractivity contribution >= 4 is 0 Å². The molecule has 3 N–H and O–H groups in total. The summed E-state index contributed by atoms with van der Waals surface area (Å²) in [5.41, 5.74) is 2.77. The van der Waals surface area contributed by atoms with E-state index < -0.39 is 5.92 Å². The molecule has 0 aromatic carbocycles. The highest BCUT2D eigenvalue weighted by atomic mass is 19.3. The number of alkyl halides is 2. The molecule has 1 heterocycles. The quantitative estimate of drug-likeness (QED) is 0.637. The molecular weight excluding hydrogens is 238 g/mol. The van der Waals surface area contributed by atoms with Gasteiger partial charge in [0, 0.05) is 44.7 Å². The minimum Gasteiger partial charge on any atom is -0.338 e. The Kier molecular flexibility index (Phi) is 3.97. The molecule has 1 aliphatic carbocycles. The van der Waals surface area contributed by atoms with Crippen molar-refractivity contribution < 1.29 is 8.78 Å². The van der Waals surface area contributed by atoms with Crippen molar-refractivity contribution in [2.45, 2.75) is 44.1 Å². The van der Waals surface area contributed by atoms with Crippen LogP contribution in [0.2, 0.25) is 0 Å². The van der Waals surface area contributed by atoms with E-state index in [-0.39, 0.29) is 24.8 Å². The number of hydrogen-bond donors (Lipinski definition) is 2. The number of imidazole rings is 1. The lowest BCUT2D eigenvalue weighted by Gasteiger charge is -2.33. The van der Waals surface area contributed by atoms with Crippen LogP contribution in [0, 0.1) is 5.92 Å². The van der Waals surface area contributed by atoms with Crippen molar-refractivity contribution in [1.29, 1.82) is 0 Å². The van der Waals surface area contributed by atoms with Crippen LogP contribution in [0.5, 0.6) is 0 Å². The zero-order chi connectivity index (χ0) is 13.2. The van der Waals surface area contributed by atoms with Crippen molar-refractivity contribution in [2.24, 2.45) is 18.8 Å². The standard InChI is InChI=1S/C12H20F2N4/c1-18-7-6-16-11(18)8-10(17-15)9-2-4-12(13,14)5-3-9/h6-7,9-10,17H,2-5,8,15H2,1H3. The number of aryl methyl sites for hydroxylation is 1. The molecular formula is C12H20F2N4. The summed E-state index contributed by atoms with van der Waals surface area (Å²) in [6, 6.07) is 0.0159. The number of rotatable bonds is 4.